The minimum absolute atomic E-state index is 0.730. The monoisotopic (exact) mass is 259 g/mol. The fourth-order valence-electron chi connectivity index (χ4n) is 1.90. The van der Waals surface area contributed by atoms with Gasteiger partial charge in [0.2, 0.25) is 0 Å². The number of aryl methyl sites for hydroxylation is 1. The van der Waals surface area contributed by atoms with E-state index in [-0.39, 0.29) is 0 Å². The van der Waals surface area contributed by atoms with Gasteiger partial charge in [-0.25, -0.2) is 0 Å². The minimum atomic E-state index is 0.730. The zero-order valence-electron chi connectivity index (χ0n) is 7.77. The number of hydrogen-bond acceptors (Lipinski definition) is 2. The van der Waals surface area contributed by atoms with Crippen molar-refractivity contribution >= 4 is 27.3 Å². The molecule has 0 spiro atoms. The predicted octanol–water partition coefficient (Wildman–Crippen LogP) is 3.29. The molecule has 13 heavy (non-hydrogen) atoms. The molecule has 0 bridgehead atoms. The number of rotatable bonds is 1. The maximum atomic E-state index is 3.64. The van der Waals surface area contributed by atoms with Crippen LogP contribution < -0.4 is 5.32 Å². The molecule has 1 atom stereocenters. The van der Waals surface area contributed by atoms with E-state index in [1.807, 2.05) is 11.3 Å². The van der Waals surface area contributed by atoms with Crippen LogP contribution in [0.15, 0.2) is 9.85 Å². The Morgan fingerprint density at radius 2 is 2.46 bits per heavy atom. The highest BCUT2D eigenvalue weighted by Crippen LogP contribution is 2.35. The smallest absolute Gasteiger partial charge is 0.0736 e. The summed E-state index contributed by atoms with van der Waals surface area (Å²) in [6, 6.07) is 2.33. The molecule has 72 valence electrons. The summed E-state index contributed by atoms with van der Waals surface area (Å²) in [5.41, 5.74) is 1.51. The van der Waals surface area contributed by atoms with E-state index in [1.165, 1.54) is 33.6 Å². The van der Waals surface area contributed by atoms with Crippen LogP contribution in [-0.2, 0) is 0 Å². The molecule has 2 heterocycles. The van der Waals surface area contributed by atoms with Crippen molar-refractivity contribution in [2.24, 2.45) is 0 Å². The molecule has 0 radical (unpaired) electrons. The van der Waals surface area contributed by atoms with Crippen LogP contribution in [0.1, 0.15) is 29.2 Å². The van der Waals surface area contributed by atoms with Crippen LogP contribution in [0, 0.1) is 6.92 Å². The Hall–Kier alpha value is 0.140. The van der Waals surface area contributed by atoms with Crippen LogP contribution in [0.4, 0.5) is 0 Å². The summed E-state index contributed by atoms with van der Waals surface area (Å²) >= 11 is 5.50. The van der Waals surface area contributed by atoms with Crippen molar-refractivity contribution in [1.82, 2.24) is 5.32 Å². The van der Waals surface area contributed by atoms with Crippen molar-refractivity contribution in [3.8, 4) is 0 Å². The second-order valence-corrected chi connectivity index (χ2v) is 6.20. The second kappa shape index (κ2) is 4.11. The SMILES string of the molecule is Cc1cc(C2CCCNC2)c(Br)s1. The molecule has 0 saturated carbocycles. The molecule has 2 rings (SSSR count). The third-order valence-corrected chi connectivity index (χ3v) is 4.37. The lowest BCUT2D eigenvalue weighted by Gasteiger charge is -2.22. The fourth-order valence-corrected chi connectivity index (χ4v) is 3.92. The molecule has 1 unspecified atom stereocenters. The zero-order valence-corrected chi connectivity index (χ0v) is 10.2. The maximum absolute atomic E-state index is 3.64. The van der Waals surface area contributed by atoms with Crippen LogP contribution in [0.3, 0.4) is 0 Å². The normalized spacial score (nSPS) is 23.4. The van der Waals surface area contributed by atoms with E-state index in [0.29, 0.717) is 0 Å². The van der Waals surface area contributed by atoms with Gasteiger partial charge in [0, 0.05) is 11.4 Å². The Balaban J connectivity index is 2.18. The van der Waals surface area contributed by atoms with E-state index in [0.717, 1.165) is 12.5 Å². The molecular formula is C10H14BrNS. The number of halogens is 1. The van der Waals surface area contributed by atoms with Gasteiger partial charge in [0.05, 0.1) is 3.79 Å². The minimum Gasteiger partial charge on any atom is -0.316 e. The number of thiophene rings is 1. The lowest BCUT2D eigenvalue weighted by Crippen LogP contribution is -2.28. The number of nitrogens with one attached hydrogen (secondary N) is 1. The van der Waals surface area contributed by atoms with E-state index in [9.17, 15) is 0 Å². The quantitative estimate of drug-likeness (QED) is 0.817. The summed E-state index contributed by atoms with van der Waals surface area (Å²) in [6.45, 7) is 4.52. The Kier molecular flexibility index (Phi) is 3.06. The average molecular weight is 260 g/mol. The molecule has 0 aromatic carbocycles. The zero-order chi connectivity index (χ0) is 9.26. The molecule has 1 N–H and O–H groups in total. The summed E-state index contributed by atoms with van der Waals surface area (Å²) < 4.78 is 1.33. The third-order valence-electron chi connectivity index (χ3n) is 2.57. The summed E-state index contributed by atoms with van der Waals surface area (Å²) in [5, 5.41) is 3.45. The number of hydrogen-bond donors (Lipinski definition) is 1. The Morgan fingerprint density at radius 1 is 1.62 bits per heavy atom. The van der Waals surface area contributed by atoms with E-state index < -0.39 is 0 Å². The van der Waals surface area contributed by atoms with Gasteiger partial charge in [-0.1, -0.05) is 0 Å². The second-order valence-electron chi connectivity index (χ2n) is 3.63. The molecule has 1 nitrogen and oxygen atoms in total. The molecular weight excluding hydrogens is 246 g/mol. The summed E-state index contributed by atoms with van der Waals surface area (Å²) in [7, 11) is 0. The van der Waals surface area contributed by atoms with Crippen LogP contribution in [0.5, 0.6) is 0 Å². The van der Waals surface area contributed by atoms with Crippen molar-refractivity contribution in [3.63, 3.8) is 0 Å². The van der Waals surface area contributed by atoms with Crippen molar-refractivity contribution in [2.45, 2.75) is 25.7 Å². The maximum Gasteiger partial charge on any atom is 0.0736 e. The number of piperidine rings is 1. The first kappa shape index (κ1) is 9.69. The fraction of sp³-hybridized carbons (Fsp3) is 0.600. The molecule has 1 aliphatic heterocycles. The lowest BCUT2D eigenvalue weighted by atomic mass is 9.94. The molecule has 0 aliphatic carbocycles. The summed E-state index contributed by atoms with van der Waals surface area (Å²) in [4.78, 5) is 1.41. The topological polar surface area (TPSA) is 12.0 Å². The van der Waals surface area contributed by atoms with Gasteiger partial charge in [0.15, 0.2) is 0 Å². The third kappa shape index (κ3) is 2.14. The summed E-state index contributed by atoms with van der Waals surface area (Å²) in [6.07, 6.45) is 2.65. The highest BCUT2D eigenvalue weighted by atomic mass is 79.9. The molecule has 1 fully saturated rings. The first-order chi connectivity index (χ1) is 6.27. The Morgan fingerprint density at radius 3 is 3.00 bits per heavy atom. The molecule has 1 saturated heterocycles. The first-order valence-corrected chi connectivity index (χ1v) is 6.35. The van der Waals surface area contributed by atoms with Crippen LogP contribution in [0.2, 0.25) is 0 Å². The van der Waals surface area contributed by atoms with Crippen molar-refractivity contribution in [2.75, 3.05) is 13.1 Å². The molecule has 1 aliphatic rings. The summed E-state index contributed by atoms with van der Waals surface area (Å²) in [5.74, 6) is 0.730. The molecule has 1 aromatic heterocycles. The largest absolute Gasteiger partial charge is 0.316 e. The van der Waals surface area contributed by atoms with E-state index in [2.05, 4.69) is 34.2 Å². The van der Waals surface area contributed by atoms with Gasteiger partial charge in [-0.3, -0.25) is 0 Å². The standard InChI is InChI=1S/C10H14BrNS/c1-7-5-9(10(11)13-7)8-3-2-4-12-6-8/h5,8,12H,2-4,6H2,1H3. The molecule has 3 heteroatoms. The Labute approximate surface area is 91.7 Å². The van der Waals surface area contributed by atoms with Crippen LogP contribution in [0.25, 0.3) is 0 Å². The van der Waals surface area contributed by atoms with E-state index >= 15 is 0 Å². The highest BCUT2D eigenvalue weighted by Gasteiger charge is 2.18. The first-order valence-electron chi connectivity index (χ1n) is 4.74. The highest BCUT2D eigenvalue weighted by molar-refractivity contribution is 9.11. The molecule has 1 aromatic rings. The van der Waals surface area contributed by atoms with Crippen LogP contribution >= 0.6 is 27.3 Å². The average Bonchev–Trinajstić information content (AvgIpc) is 2.47. The van der Waals surface area contributed by atoms with Gasteiger partial charge < -0.3 is 5.32 Å². The molecule has 0 amide bonds. The van der Waals surface area contributed by atoms with E-state index in [1.54, 1.807) is 0 Å². The van der Waals surface area contributed by atoms with Crippen molar-refractivity contribution < 1.29 is 0 Å². The lowest BCUT2D eigenvalue weighted by molar-refractivity contribution is 0.461. The van der Waals surface area contributed by atoms with E-state index in [4.69, 9.17) is 0 Å². The van der Waals surface area contributed by atoms with Crippen molar-refractivity contribution in [1.29, 1.82) is 0 Å². The van der Waals surface area contributed by atoms with Gasteiger partial charge in [-0.15, -0.1) is 11.3 Å². The Bertz CT molecular complexity index is 289. The van der Waals surface area contributed by atoms with Crippen LogP contribution in [-0.4, -0.2) is 13.1 Å². The van der Waals surface area contributed by atoms with Gasteiger partial charge in [-0.2, -0.15) is 0 Å². The van der Waals surface area contributed by atoms with Gasteiger partial charge >= 0.3 is 0 Å². The van der Waals surface area contributed by atoms with Gasteiger partial charge in [0.25, 0.3) is 0 Å². The van der Waals surface area contributed by atoms with Crippen molar-refractivity contribution in [3.05, 3.63) is 20.3 Å². The van der Waals surface area contributed by atoms with Gasteiger partial charge in [-0.05, 0) is 59.8 Å². The van der Waals surface area contributed by atoms with Gasteiger partial charge in [0.1, 0.15) is 0 Å². The predicted molar refractivity (Wildman–Crippen MR) is 61.6 cm³/mol.